The Bertz CT molecular complexity index is 629. The van der Waals surface area contributed by atoms with Crippen LogP contribution in [-0.4, -0.2) is 17.7 Å². The van der Waals surface area contributed by atoms with Crippen LogP contribution in [0.4, 0.5) is 17.3 Å². The topological polar surface area (TPSA) is 36.8 Å². The molecule has 0 saturated carbocycles. The lowest BCUT2D eigenvalue weighted by Crippen LogP contribution is -2.30. The van der Waals surface area contributed by atoms with Gasteiger partial charge in [0.25, 0.3) is 0 Å². The average Bonchev–Trinajstić information content (AvgIpc) is 3.03. The van der Waals surface area contributed by atoms with E-state index in [1.54, 1.807) is 0 Å². The maximum absolute atomic E-state index is 4.46. The first kappa shape index (κ1) is 15.7. The smallest absolute Gasteiger partial charge is 0.372 e. The molecular weight excluding hydrogens is 286 g/mol. The minimum Gasteiger partial charge on any atom is -0.372 e. The van der Waals surface area contributed by atoms with Crippen LogP contribution in [0.25, 0.3) is 0 Å². The van der Waals surface area contributed by atoms with Crippen molar-refractivity contribution in [2.45, 2.75) is 46.2 Å². The van der Waals surface area contributed by atoms with Crippen molar-refractivity contribution < 1.29 is 4.57 Å². The highest BCUT2D eigenvalue weighted by atomic mass is 15.3. The first-order valence-corrected chi connectivity index (χ1v) is 8.67. The van der Waals surface area contributed by atoms with Gasteiger partial charge in [-0.15, -0.1) is 0 Å². The predicted octanol–water partition coefficient (Wildman–Crippen LogP) is 4.22. The molecule has 1 saturated heterocycles. The van der Waals surface area contributed by atoms with Crippen LogP contribution < -0.4 is 9.47 Å². The predicted molar refractivity (Wildman–Crippen MR) is 92.7 cm³/mol. The fourth-order valence-corrected chi connectivity index (χ4v) is 3.05. The van der Waals surface area contributed by atoms with Gasteiger partial charge in [0, 0.05) is 23.9 Å². The molecule has 0 N–H and O–H groups in total. The van der Waals surface area contributed by atoms with Crippen molar-refractivity contribution >= 4 is 17.3 Å². The molecule has 5 heteroatoms. The van der Waals surface area contributed by atoms with Crippen LogP contribution in [0.1, 0.15) is 33.1 Å². The zero-order valence-corrected chi connectivity index (χ0v) is 14.1. The molecule has 0 aliphatic carbocycles. The van der Waals surface area contributed by atoms with E-state index in [9.17, 15) is 0 Å². The summed E-state index contributed by atoms with van der Waals surface area (Å²) in [6.07, 6.45) is 8.06. The van der Waals surface area contributed by atoms with Gasteiger partial charge in [0.2, 0.25) is 0 Å². The van der Waals surface area contributed by atoms with Gasteiger partial charge in [-0.1, -0.05) is 5.11 Å². The van der Waals surface area contributed by atoms with Gasteiger partial charge >= 0.3 is 5.95 Å². The lowest BCUT2D eigenvalue weighted by atomic mass is 10.1. The summed E-state index contributed by atoms with van der Waals surface area (Å²) >= 11 is 0. The Labute approximate surface area is 138 Å². The van der Waals surface area contributed by atoms with Crippen molar-refractivity contribution in [3.05, 3.63) is 36.7 Å². The zero-order chi connectivity index (χ0) is 16.1. The number of azo groups is 1. The number of hydrogen-bond acceptors (Lipinski definition) is 3. The minimum absolute atomic E-state index is 0.898. The van der Waals surface area contributed by atoms with Crippen molar-refractivity contribution in [1.82, 2.24) is 4.57 Å². The number of imidazole rings is 1. The van der Waals surface area contributed by atoms with Crippen LogP contribution in [0.5, 0.6) is 0 Å². The molecule has 1 aliphatic rings. The van der Waals surface area contributed by atoms with E-state index in [2.05, 4.69) is 74.8 Å². The molecular formula is C18H26N5+. The molecule has 0 amide bonds. The first-order valence-electron chi connectivity index (χ1n) is 8.67. The number of anilines is 1. The van der Waals surface area contributed by atoms with E-state index in [-0.39, 0.29) is 0 Å². The number of aryl methyl sites for hydroxylation is 2. The van der Waals surface area contributed by atoms with Gasteiger partial charge in [-0.05, 0) is 57.4 Å². The lowest BCUT2D eigenvalue weighted by Gasteiger charge is -2.28. The van der Waals surface area contributed by atoms with Gasteiger partial charge < -0.3 is 4.90 Å². The molecule has 1 aromatic heterocycles. The molecule has 0 spiro atoms. The fraction of sp³-hybridized carbons (Fsp3) is 0.500. The fourth-order valence-electron chi connectivity index (χ4n) is 3.05. The molecule has 2 heterocycles. The van der Waals surface area contributed by atoms with Gasteiger partial charge in [-0.25, -0.2) is 9.13 Å². The Morgan fingerprint density at radius 3 is 2.39 bits per heavy atom. The Kier molecular flexibility index (Phi) is 5.05. The second kappa shape index (κ2) is 7.40. The quantitative estimate of drug-likeness (QED) is 0.601. The molecule has 0 radical (unpaired) electrons. The third-order valence-corrected chi connectivity index (χ3v) is 4.45. The standard InChI is InChI=1S/C18H26N5/c1-3-21-14-15-22(4-2)18(21)20-19-16-8-10-17(11-9-16)23-12-6-5-7-13-23/h8-11,14-15H,3-7,12-13H2,1-2H3/q+1. The summed E-state index contributed by atoms with van der Waals surface area (Å²) in [7, 11) is 0. The van der Waals surface area contributed by atoms with E-state index in [4.69, 9.17) is 0 Å². The molecule has 122 valence electrons. The van der Waals surface area contributed by atoms with Gasteiger partial charge in [0.15, 0.2) is 0 Å². The van der Waals surface area contributed by atoms with E-state index in [0.717, 1.165) is 24.7 Å². The molecule has 1 fully saturated rings. The van der Waals surface area contributed by atoms with Crippen LogP contribution in [0, 0.1) is 0 Å². The van der Waals surface area contributed by atoms with Gasteiger partial charge in [-0.2, -0.15) is 0 Å². The molecule has 2 aromatic rings. The Morgan fingerprint density at radius 1 is 1.00 bits per heavy atom. The summed E-state index contributed by atoms with van der Waals surface area (Å²) < 4.78 is 4.21. The average molecular weight is 312 g/mol. The summed E-state index contributed by atoms with van der Waals surface area (Å²) in [5.41, 5.74) is 2.20. The van der Waals surface area contributed by atoms with Crippen molar-refractivity contribution in [2.75, 3.05) is 18.0 Å². The number of benzene rings is 1. The Hall–Kier alpha value is -2.17. The van der Waals surface area contributed by atoms with Crippen molar-refractivity contribution in [3.63, 3.8) is 0 Å². The Balaban J connectivity index is 1.74. The molecule has 1 aromatic carbocycles. The molecule has 3 rings (SSSR count). The molecule has 0 atom stereocenters. The summed E-state index contributed by atoms with van der Waals surface area (Å²) in [5.74, 6) is 0.898. The Morgan fingerprint density at radius 2 is 1.74 bits per heavy atom. The normalized spacial score (nSPS) is 15.5. The van der Waals surface area contributed by atoms with E-state index in [1.807, 2.05) is 0 Å². The van der Waals surface area contributed by atoms with E-state index >= 15 is 0 Å². The minimum atomic E-state index is 0.898. The maximum atomic E-state index is 4.46. The second-order valence-electron chi connectivity index (χ2n) is 5.93. The van der Waals surface area contributed by atoms with Crippen LogP contribution in [-0.2, 0) is 13.1 Å². The summed E-state index contributed by atoms with van der Waals surface area (Å²) in [6, 6.07) is 8.44. The van der Waals surface area contributed by atoms with Crippen LogP contribution >= 0.6 is 0 Å². The van der Waals surface area contributed by atoms with Crippen molar-refractivity contribution in [1.29, 1.82) is 0 Å². The third-order valence-electron chi connectivity index (χ3n) is 4.45. The van der Waals surface area contributed by atoms with Crippen LogP contribution in [0.15, 0.2) is 46.9 Å². The second-order valence-corrected chi connectivity index (χ2v) is 5.93. The van der Waals surface area contributed by atoms with Crippen LogP contribution in [0.3, 0.4) is 0 Å². The zero-order valence-electron chi connectivity index (χ0n) is 14.1. The number of aromatic nitrogens is 2. The van der Waals surface area contributed by atoms with Crippen molar-refractivity contribution in [3.8, 4) is 0 Å². The van der Waals surface area contributed by atoms with Gasteiger partial charge in [-0.3, -0.25) is 0 Å². The van der Waals surface area contributed by atoms with Crippen molar-refractivity contribution in [2.24, 2.45) is 10.2 Å². The lowest BCUT2D eigenvalue weighted by molar-refractivity contribution is -0.680. The number of nitrogens with zero attached hydrogens (tertiary/aromatic N) is 5. The summed E-state index contributed by atoms with van der Waals surface area (Å²) in [5, 5.41) is 8.87. The highest BCUT2D eigenvalue weighted by Gasteiger charge is 2.14. The summed E-state index contributed by atoms with van der Waals surface area (Å²) in [4.78, 5) is 2.46. The van der Waals surface area contributed by atoms with E-state index in [0.29, 0.717) is 0 Å². The highest BCUT2D eigenvalue weighted by molar-refractivity contribution is 5.52. The molecule has 1 aliphatic heterocycles. The maximum Gasteiger partial charge on any atom is 0.421 e. The van der Waals surface area contributed by atoms with E-state index < -0.39 is 0 Å². The van der Waals surface area contributed by atoms with E-state index in [1.165, 1.54) is 38.0 Å². The first-order chi connectivity index (χ1) is 11.3. The third kappa shape index (κ3) is 3.60. The monoisotopic (exact) mass is 312 g/mol. The SMILES string of the molecule is CCn1cc[n+](CC)c1N=Nc1ccc(N2CCCCC2)cc1. The summed E-state index contributed by atoms with van der Waals surface area (Å²) in [6.45, 7) is 8.37. The number of hydrogen-bond donors (Lipinski definition) is 0. The molecule has 23 heavy (non-hydrogen) atoms. The van der Waals surface area contributed by atoms with Gasteiger partial charge in [0.1, 0.15) is 5.69 Å². The highest BCUT2D eigenvalue weighted by Crippen LogP contribution is 2.24. The largest absolute Gasteiger partial charge is 0.421 e. The molecule has 5 nitrogen and oxygen atoms in total. The number of piperidine rings is 1. The number of rotatable bonds is 5. The van der Waals surface area contributed by atoms with Crippen LogP contribution in [0.2, 0.25) is 0 Å². The molecule has 0 bridgehead atoms. The molecule has 0 unspecified atom stereocenters. The van der Waals surface area contributed by atoms with Gasteiger partial charge in [0.05, 0.1) is 25.5 Å².